The number of fused-ring (bicyclic) bond motifs is 4. The zero-order valence-corrected chi connectivity index (χ0v) is 12.6. The van der Waals surface area contributed by atoms with E-state index in [1.54, 1.807) is 31.2 Å². The number of ether oxygens (including phenoxy) is 1. The van der Waals surface area contributed by atoms with Gasteiger partial charge in [0, 0.05) is 0 Å². The molecule has 0 aliphatic carbocycles. The molecular formula is C15H12N6O3. The predicted octanol–water partition coefficient (Wildman–Crippen LogP) is 1.10. The van der Waals surface area contributed by atoms with Crippen LogP contribution in [0.25, 0.3) is 16.9 Å². The minimum atomic E-state index is -0.512. The van der Waals surface area contributed by atoms with Gasteiger partial charge in [0.1, 0.15) is 5.56 Å². The van der Waals surface area contributed by atoms with Crippen LogP contribution < -0.4 is 16.4 Å². The molecule has 1 aliphatic rings. The van der Waals surface area contributed by atoms with Crippen molar-refractivity contribution in [2.75, 3.05) is 17.5 Å². The molecule has 0 saturated heterocycles. The van der Waals surface area contributed by atoms with E-state index >= 15 is 0 Å². The highest BCUT2D eigenvalue weighted by molar-refractivity contribution is 5.96. The maximum absolute atomic E-state index is 12.3. The van der Waals surface area contributed by atoms with Gasteiger partial charge in [-0.05, 0) is 19.1 Å². The first kappa shape index (κ1) is 14.1. The molecule has 3 aromatic rings. The number of nitrogens with zero attached hydrogens (tertiary/aromatic N) is 4. The fourth-order valence-electron chi connectivity index (χ4n) is 2.46. The van der Waals surface area contributed by atoms with E-state index in [1.807, 2.05) is 0 Å². The van der Waals surface area contributed by atoms with E-state index in [0.29, 0.717) is 16.9 Å². The first-order valence-electron chi connectivity index (χ1n) is 7.27. The van der Waals surface area contributed by atoms with Crippen molar-refractivity contribution >= 4 is 28.5 Å². The summed E-state index contributed by atoms with van der Waals surface area (Å²) < 4.78 is 6.38. The molecule has 2 N–H and O–H groups in total. The van der Waals surface area contributed by atoms with E-state index in [0.717, 1.165) is 0 Å². The van der Waals surface area contributed by atoms with Crippen molar-refractivity contribution in [2.45, 2.75) is 6.92 Å². The van der Waals surface area contributed by atoms with Gasteiger partial charge in [-0.25, -0.2) is 14.8 Å². The maximum atomic E-state index is 12.3. The number of hydrogen-bond donors (Lipinski definition) is 2. The van der Waals surface area contributed by atoms with Crippen molar-refractivity contribution < 1.29 is 9.53 Å². The van der Waals surface area contributed by atoms with E-state index in [9.17, 15) is 9.59 Å². The Hall–Kier alpha value is -3.49. The molecule has 2 aromatic heterocycles. The van der Waals surface area contributed by atoms with E-state index in [4.69, 9.17) is 4.74 Å². The molecule has 4 rings (SSSR count). The highest BCUT2D eigenvalue weighted by atomic mass is 16.5. The average Bonchev–Trinajstić information content (AvgIpc) is 2.95. The Morgan fingerprint density at radius 1 is 1.21 bits per heavy atom. The van der Waals surface area contributed by atoms with Crippen LogP contribution in [-0.4, -0.2) is 32.3 Å². The van der Waals surface area contributed by atoms with Crippen LogP contribution in [0.15, 0.2) is 35.3 Å². The van der Waals surface area contributed by atoms with Crippen LogP contribution in [0, 0.1) is 0 Å². The first-order chi connectivity index (χ1) is 11.7. The van der Waals surface area contributed by atoms with E-state index < -0.39 is 11.5 Å². The monoisotopic (exact) mass is 324 g/mol. The molecule has 0 amide bonds. The van der Waals surface area contributed by atoms with Gasteiger partial charge in [-0.3, -0.25) is 15.6 Å². The molecule has 0 bridgehead atoms. The van der Waals surface area contributed by atoms with Crippen molar-refractivity contribution in [3.05, 3.63) is 46.4 Å². The Bertz CT molecular complexity index is 1030. The van der Waals surface area contributed by atoms with Gasteiger partial charge in [0.15, 0.2) is 17.3 Å². The summed E-state index contributed by atoms with van der Waals surface area (Å²) in [6.07, 6.45) is 1.37. The Morgan fingerprint density at radius 2 is 1.96 bits per heavy atom. The SMILES string of the molecule is CCOC(=O)c1cnn2c1NNc1c-2nc2ccccc2nc1=O. The quantitative estimate of drug-likeness (QED) is 0.674. The van der Waals surface area contributed by atoms with E-state index in [2.05, 4.69) is 25.9 Å². The van der Waals surface area contributed by atoms with Gasteiger partial charge in [-0.1, -0.05) is 12.1 Å². The van der Waals surface area contributed by atoms with Gasteiger partial charge < -0.3 is 4.74 Å². The second-order valence-electron chi connectivity index (χ2n) is 5.01. The van der Waals surface area contributed by atoms with Crippen LogP contribution >= 0.6 is 0 Å². The summed E-state index contributed by atoms with van der Waals surface area (Å²) in [5, 5.41) is 4.16. The van der Waals surface area contributed by atoms with Crippen LogP contribution in [0.4, 0.5) is 11.5 Å². The number of carbonyl (C=O) groups excluding carboxylic acids is 1. The summed E-state index contributed by atoms with van der Waals surface area (Å²) in [5.74, 6) is 0.100. The van der Waals surface area contributed by atoms with Crippen LogP contribution in [-0.2, 0) is 4.74 Å². The maximum Gasteiger partial charge on any atom is 0.343 e. The number of aromatic nitrogens is 4. The third-order valence-corrected chi connectivity index (χ3v) is 3.54. The Balaban J connectivity index is 1.98. The largest absolute Gasteiger partial charge is 0.462 e. The standard InChI is InChI=1S/C15H12N6O3/c1-2-24-15(23)8-7-16-21-12(8)20-19-11-13(21)17-9-5-3-4-6-10(9)18-14(11)22/h3-7,19-20H,2H2,1H3. The zero-order chi connectivity index (χ0) is 16.7. The van der Waals surface area contributed by atoms with Gasteiger partial charge >= 0.3 is 5.97 Å². The highest BCUT2D eigenvalue weighted by Crippen LogP contribution is 2.27. The number of esters is 1. The molecule has 9 nitrogen and oxygen atoms in total. The number of hydrogen-bond acceptors (Lipinski definition) is 8. The Kier molecular flexibility index (Phi) is 3.12. The number of carbonyl (C=O) groups is 1. The Labute approximate surface area is 135 Å². The average molecular weight is 324 g/mol. The van der Waals surface area contributed by atoms with Crippen molar-refractivity contribution in [1.29, 1.82) is 0 Å². The summed E-state index contributed by atoms with van der Waals surface area (Å²) in [6, 6.07) is 7.03. The molecule has 9 heteroatoms. The Morgan fingerprint density at radius 3 is 2.71 bits per heavy atom. The summed E-state index contributed by atoms with van der Waals surface area (Å²) in [7, 11) is 0. The lowest BCUT2D eigenvalue weighted by atomic mass is 10.3. The zero-order valence-electron chi connectivity index (χ0n) is 12.6. The third-order valence-electron chi connectivity index (χ3n) is 3.54. The van der Waals surface area contributed by atoms with Gasteiger partial charge in [-0.2, -0.15) is 9.78 Å². The second kappa shape index (κ2) is 5.30. The molecule has 0 unspecified atom stereocenters. The van der Waals surface area contributed by atoms with Crippen molar-refractivity contribution in [2.24, 2.45) is 0 Å². The molecule has 0 radical (unpaired) electrons. The number of benzene rings is 1. The molecule has 0 fully saturated rings. The number of hydrazine groups is 1. The minimum Gasteiger partial charge on any atom is -0.462 e. The van der Waals surface area contributed by atoms with E-state index in [1.165, 1.54) is 10.9 Å². The number of para-hydroxylation sites is 2. The lowest BCUT2D eigenvalue weighted by Gasteiger charge is -2.18. The second-order valence-corrected chi connectivity index (χ2v) is 5.01. The first-order valence-corrected chi connectivity index (χ1v) is 7.27. The summed E-state index contributed by atoms with van der Waals surface area (Å²) in [4.78, 5) is 32.9. The molecule has 3 heterocycles. The number of rotatable bonds is 2. The third kappa shape index (κ3) is 2.06. The number of nitrogens with one attached hydrogen (secondary N) is 2. The lowest BCUT2D eigenvalue weighted by Crippen LogP contribution is -2.27. The van der Waals surface area contributed by atoms with Crippen LogP contribution in [0.2, 0.25) is 0 Å². The summed E-state index contributed by atoms with van der Waals surface area (Å²) >= 11 is 0. The molecule has 24 heavy (non-hydrogen) atoms. The van der Waals surface area contributed by atoms with Crippen LogP contribution in [0.5, 0.6) is 0 Å². The fourth-order valence-corrected chi connectivity index (χ4v) is 2.46. The van der Waals surface area contributed by atoms with Gasteiger partial charge in [0.25, 0.3) is 5.56 Å². The molecular weight excluding hydrogens is 312 g/mol. The molecule has 0 saturated carbocycles. The van der Waals surface area contributed by atoms with E-state index in [-0.39, 0.29) is 23.7 Å². The lowest BCUT2D eigenvalue weighted by molar-refractivity contribution is 0.0527. The molecule has 1 aromatic carbocycles. The predicted molar refractivity (Wildman–Crippen MR) is 86.1 cm³/mol. The van der Waals surface area contributed by atoms with Crippen molar-refractivity contribution in [3.63, 3.8) is 0 Å². The van der Waals surface area contributed by atoms with Gasteiger partial charge in [0.2, 0.25) is 0 Å². The van der Waals surface area contributed by atoms with Gasteiger partial charge in [0.05, 0.1) is 23.8 Å². The van der Waals surface area contributed by atoms with Gasteiger partial charge in [-0.15, -0.1) is 0 Å². The van der Waals surface area contributed by atoms with Crippen LogP contribution in [0.3, 0.4) is 0 Å². The highest BCUT2D eigenvalue weighted by Gasteiger charge is 2.26. The van der Waals surface area contributed by atoms with Crippen LogP contribution in [0.1, 0.15) is 17.3 Å². The topological polar surface area (TPSA) is 111 Å². The molecule has 0 atom stereocenters. The fraction of sp³-hybridized carbons (Fsp3) is 0.133. The smallest absolute Gasteiger partial charge is 0.343 e. The number of anilines is 2. The summed E-state index contributed by atoms with van der Waals surface area (Å²) in [5.41, 5.74) is 6.46. The normalized spacial score (nSPS) is 11.9. The molecule has 0 spiro atoms. The summed E-state index contributed by atoms with van der Waals surface area (Å²) in [6.45, 7) is 1.97. The minimum absolute atomic E-state index is 0.150. The van der Waals surface area contributed by atoms with Crippen molar-refractivity contribution in [3.8, 4) is 5.82 Å². The molecule has 120 valence electrons. The van der Waals surface area contributed by atoms with Crippen molar-refractivity contribution in [1.82, 2.24) is 19.7 Å². The molecule has 1 aliphatic heterocycles.